The second-order valence-electron chi connectivity index (χ2n) is 10.9. The molecule has 1 aliphatic carbocycles. The van der Waals surface area contributed by atoms with Gasteiger partial charge in [0.15, 0.2) is 0 Å². The number of benzene rings is 2. The topological polar surface area (TPSA) is 117 Å². The molecule has 0 saturated heterocycles. The van der Waals surface area contributed by atoms with Gasteiger partial charge in [0.25, 0.3) is 12.3 Å². The minimum atomic E-state index is -3.76. The monoisotopic (exact) mass is 584 g/mol. The number of aromatic nitrogens is 3. The van der Waals surface area contributed by atoms with Crippen molar-refractivity contribution in [3.8, 4) is 17.0 Å². The van der Waals surface area contributed by atoms with E-state index in [1.165, 1.54) is 44.2 Å². The molecule has 2 aromatic heterocycles. The van der Waals surface area contributed by atoms with E-state index >= 15 is 4.39 Å². The van der Waals surface area contributed by atoms with Gasteiger partial charge in [-0.2, -0.15) is 5.10 Å². The number of halogens is 4. The Bertz CT molecular complexity index is 1640. The standard InChI is InChI=1S/C30H28F4N4O4/c1-15-10-17-11-18(12-23(25(17)38-37-15)42-21-8-9-21)26(39)36-28(34)30(41,27(32)33)24-14-19(29(2,3)40)13-22(35-24)16-4-6-20(31)7-5-16/h4-7,10-14,21,27-28,40-41H,8-9H2,1-3H3,(H,36,39). The number of ether oxygens (including phenoxy) is 1. The molecular formula is C30H28F4N4O4. The van der Waals surface area contributed by atoms with Crippen LogP contribution in [-0.2, 0) is 11.2 Å². The lowest BCUT2D eigenvalue weighted by molar-refractivity contribution is -0.154. The van der Waals surface area contributed by atoms with Crippen molar-refractivity contribution in [1.82, 2.24) is 20.5 Å². The summed E-state index contributed by atoms with van der Waals surface area (Å²) in [6, 6.07) is 11.5. The molecule has 220 valence electrons. The minimum absolute atomic E-state index is 0.0253. The highest BCUT2D eigenvalue weighted by Crippen LogP contribution is 2.37. The van der Waals surface area contributed by atoms with Gasteiger partial charge in [-0.3, -0.25) is 4.79 Å². The van der Waals surface area contributed by atoms with E-state index < -0.39 is 41.3 Å². The third-order valence-electron chi connectivity index (χ3n) is 6.92. The number of alkyl halides is 3. The minimum Gasteiger partial charge on any atom is -0.488 e. The van der Waals surface area contributed by atoms with Gasteiger partial charge in [-0.05, 0) is 93.8 Å². The summed E-state index contributed by atoms with van der Waals surface area (Å²) in [6.45, 7) is 4.42. The van der Waals surface area contributed by atoms with Crippen molar-refractivity contribution in [3.63, 3.8) is 0 Å². The predicted molar refractivity (Wildman–Crippen MR) is 145 cm³/mol. The number of hydrogen-bond donors (Lipinski definition) is 3. The van der Waals surface area contributed by atoms with Crippen molar-refractivity contribution in [3.05, 3.63) is 82.9 Å². The van der Waals surface area contributed by atoms with Gasteiger partial charge < -0.3 is 20.3 Å². The summed E-state index contributed by atoms with van der Waals surface area (Å²) >= 11 is 0. The number of carbonyl (C=O) groups excluding carboxylic acids is 1. The Morgan fingerprint density at radius 1 is 1.02 bits per heavy atom. The number of pyridine rings is 1. The molecule has 1 saturated carbocycles. The molecule has 0 aliphatic heterocycles. The number of carbonyl (C=O) groups is 1. The molecule has 1 amide bonds. The first kappa shape index (κ1) is 29.3. The Hall–Kier alpha value is -4.16. The number of nitrogens with zero attached hydrogens (tertiary/aromatic N) is 3. The van der Waals surface area contributed by atoms with Crippen LogP contribution in [0.4, 0.5) is 17.6 Å². The van der Waals surface area contributed by atoms with Crippen molar-refractivity contribution in [1.29, 1.82) is 0 Å². The van der Waals surface area contributed by atoms with E-state index in [2.05, 4.69) is 15.2 Å². The molecule has 2 aromatic carbocycles. The fourth-order valence-electron chi connectivity index (χ4n) is 4.33. The Balaban J connectivity index is 1.53. The van der Waals surface area contributed by atoms with Crippen LogP contribution in [0.3, 0.4) is 0 Å². The van der Waals surface area contributed by atoms with Gasteiger partial charge in [-0.15, -0.1) is 5.10 Å². The lowest BCUT2D eigenvalue weighted by Crippen LogP contribution is -2.53. The van der Waals surface area contributed by atoms with Crippen LogP contribution in [0.5, 0.6) is 5.75 Å². The van der Waals surface area contributed by atoms with Crippen LogP contribution in [-0.4, -0.2) is 50.1 Å². The molecule has 8 nitrogen and oxygen atoms in total. The first-order valence-corrected chi connectivity index (χ1v) is 13.2. The summed E-state index contributed by atoms with van der Waals surface area (Å²) in [6.07, 6.45) is -5.26. The molecule has 42 heavy (non-hydrogen) atoms. The number of nitrogens with one attached hydrogen (secondary N) is 1. The van der Waals surface area contributed by atoms with Crippen molar-refractivity contribution in [2.75, 3.05) is 0 Å². The lowest BCUT2D eigenvalue weighted by atomic mass is 9.90. The molecular weight excluding hydrogens is 556 g/mol. The molecule has 2 heterocycles. The fourth-order valence-corrected chi connectivity index (χ4v) is 4.33. The summed E-state index contributed by atoms with van der Waals surface area (Å²) in [5.41, 5.74) is -5.02. The zero-order chi connectivity index (χ0) is 30.4. The van der Waals surface area contributed by atoms with E-state index in [0.717, 1.165) is 31.0 Å². The average molecular weight is 585 g/mol. The van der Waals surface area contributed by atoms with E-state index in [1.54, 1.807) is 13.0 Å². The molecule has 2 atom stereocenters. The van der Waals surface area contributed by atoms with E-state index in [1.807, 2.05) is 5.32 Å². The molecule has 4 aromatic rings. The van der Waals surface area contributed by atoms with Gasteiger partial charge >= 0.3 is 0 Å². The summed E-state index contributed by atoms with van der Waals surface area (Å²) in [5, 5.41) is 32.2. The molecule has 5 rings (SSSR count). The molecule has 1 aliphatic rings. The van der Waals surface area contributed by atoms with E-state index in [4.69, 9.17) is 4.74 Å². The third kappa shape index (κ3) is 5.90. The first-order valence-electron chi connectivity index (χ1n) is 13.2. The third-order valence-corrected chi connectivity index (χ3v) is 6.92. The number of aliphatic hydroxyl groups is 2. The highest BCUT2D eigenvalue weighted by molar-refractivity contribution is 6.00. The van der Waals surface area contributed by atoms with Gasteiger partial charge in [0.2, 0.25) is 11.9 Å². The van der Waals surface area contributed by atoms with Crippen LogP contribution in [0.15, 0.2) is 54.6 Å². The van der Waals surface area contributed by atoms with Crippen LogP contribution >= 0.6 is 0 Å². The SMILES string of the molecule is Cc1cc2cc(C(=O)NC(F)C(O)(c3cc(C(C)(C)O)cc(-c4ccc(F)cc4)n3)C(F)F)cc(OC3CC3)c2nn1. The summed E-state index contributed by atoms with van der Waals surface area (Å²) < 4.78 is 64.2. The second-order valence-corrected chi connectivity index (χ2v) is 10.9. The van der Waals surface area contributed by atoms with Crippen LogP contribution in [0.1, 0.15) is 54.0 Å². The maximum Gasteiger partial charge on any atom is 0.277 e. The number of rotatable bonds is 9. The van der Waals surface area contributed by atoms with E-state index in [-0.39, 0.29) is 34.2 Å². The maximum absolute atomic E-state index is 15.8. The van der Waals surface area contributed by atoms with Crippen LogP contribution in [0.2, 0.25) is 0 Å². The lowest BCUT2D eigenvalue weighted by Gasteiger charge is -2.32. The predicted octanol–water partition coefficient (Wildman–Crippen LogP) is 5.09. The molecule has 2 unspecified atom stereocenters. The summed E-state index contributed by atoms with van der Waals surface area (Å²) in [7, 11) is 0. The largest absolute Gasteiger partial charge is 0.488 e. The molecule has 0 radical (unpaired) electrons. The van der Waals surface area contributed by atoms with Gasteiger partial charge in [-0.1, -0.05) is 0 Å². The zero-order valence-electron chi connectivity index (χ0n) is 22.9. The quantitative estimate of drug-likeness (QED) is 0.185. The number of hydrogen-bond acceptors (Lipinski definition) is 7. The van der Waals surface area contributed by atoms with E-state index in [0.29, 0.717) is 16.6 Å². The van der Waals surface area contributed by atoms with Gasteiger partial charge in [0.05, 0.1) is 28.8 Å². The zero-order valence-corrected chi connectivity index (χ0v) is 22.9. The molecule has 0 bridgehead atoms. The molecule has 1 fully saturated rings. The number of aryl methyl sites for hydroxylation is 1. The second kappa shape index (κ2) is 10.9. The van der Waals surface area contributed by atoms with E-state index in [9.17, 15) is 28.2 Å². The van der Waals surface area contributed by atoms with Crippen molar-refractivity contribution < 1.29 is 37.3 Å². The fraction of sp³-hybridized carbons (Fsp3) is 0.333. The highest BCUT2D eigenvalue weighted by Gasteiger charge is 2.51. The number of fused-ring (bicyclic) bond motifs is 1. The van der Waals surface area contributed by atoms with Crippen molar-refractivity contribution in [2.45, 2.75) is 63.6 Å². The van der Waals surface area contributed by atoms with Gasteiger partial charge in [0.1, 0.15) is 17.1 Å². The maximum atomic E-state index is 15.8. The molecule has 3 N–H and O–H groups in total. The van der Waals surface area contributed by atoms with Crippen LogP contribution < -0.4 is 10.1 Å². The Morgan fingerprint density at radius 3 is 2.33 bits per heavy atom. The Labute approximate surface area is 238 Å². The van der Waals surface area contributed by atoms with Crippen molar-refractivity contribution in [2.24, 2.45) is 0 Å². The first-order chi connectivity index (χ1) is 19.8. The summed E-state index contributed by atoms with van der Waals surface area (Å²) in [4.78, 5) is 17.2. The Kier molecular flexibility index (Phi) is 7.62. The average Bonchev–Trinajstić information content (AvgIpc) is 3.75. The molecule has 12 heteroatoms. The van der Waals surface area contributed by atoms with Gasteiger partial charge in [0, 0.05) is 16.5 Å². The van der Waals surface area contributed by atoms with Crippen molar-refractivity contribution >= 4 is 16.8 Å². The molecule has 0 spiro atoms. The highest BCUT2D eigenvalue weighted by atomic mass is 19.3. The smallest absolute Gasteiger partial charge is 0.277 e. The van der Waals surface area contributed by atoms with Gasteiger partial charge in [-0.25, -0.2) is 22.5 Å². The number of amides is 1. The van der Waals surface area contributed by atoms with Crippen LogP contribution in [0.25, 0.3) is 22.2 Å². The summed E-state index contributed by atoms with van der Waals surface area (Å²) in [5.74, 6) is -1.43. The van der Waals surface area contributed by atoms with Crippen LogP contribution in [0, 0.1) is 12.7 Å². The normalized spacial score (nSPS) is 15.9. The Morgan fingerprint density at radius 2 is 1.71 bits per heavy atom.